The van der Waals surface area contributed by atoms with E-state index in [9.17, 15) is 17.6 Å². The van der Waals surface area contributed by atoms with Crippen LogP contribution in [0.2, 0.25) is 0 Å². The number of hydrogen-bond acceptors (Lipinski definition) is 4. The van der Waals surface area contributed by atoms with Gasteiger partial charge in [-0.05, 0) is 54.8 Å². The number of carbonyl (C=O) groups excluding carboxylic acids is 1. The second-order valence-electron chi connectivity index (χ2n) is 6.35. The number of rotatable bonds is 5. The second kappa shape index (κ2) is 7.05. The normalized spacial score (nSPS) is 14.8. The van der Waals surface area contributed by atoms with Crippen LogP contribution in [-0.4, -0.2) is 27.4 Å². The van der Waals surface area contributed by atoms with Crippen LogP contribution in [0.25, 0.3) is 0 Å². The molecular formula is C18H20FN3O3S. The van der Waals surface area contributed by atoms with Gasteiger partial charge in [0.15, 0.2) is 0 Å². The number of nitrogens with one attached hydrogen (secondary N) is 1. The van der Waals surface area contributed by atoms with Gasteiger partial charge in [0.2, 0.25) is 15.9 Å². The predicted octanol–water partition coefficient (Wildman–Crippen LogP) is 1.71. The number of fused-ring (bicyclic) bond motifs is 1. The first-order valence-electron chi connectivity index (χ1n) is 8.19. The van der Waals surface area contributed by atoms with Crippen molar-refractivity contribution in [2.45, 2.75) is 24.3 Å². The van der Waals surface area contributed by atoms with Gasteiger partial charge in [-0.3, -0.25) is 4.79 Å². The van der Waals surface area contributed by atoms with Crippen molar-refractivity contribution in [1.29, 1.82) is 0 Å². The third kappa shape index (κ3) is 4.03. The van der Waals surface area contributed by atoms with E-state index in [-0.39, 0.29) is 29.2 Å². The third-order valence-corrected chi connectivity index (χ3v) is 5.36. The summed E-state index contributed by atoms with van der Waals surface area (Å²) in [5.74, 6) is -0.481. The number of primary sulfonamides is 1. The van der Waals surface area contributed by atoms with E-state index in [1.807, 2.05) is 11.8 Å². The molecule has 3 N–H and O–H groups in total. The lowest BCUT2D eigenvalue weighted by atomic mass is 10.1. The maximum atomic E-state index is 13.0. The van der Waals surface area contributed by atoms with Crippen molar-refractivity contribution in [2.75, 3.05) is 18.0 Å². The Morgan fingerprint density at radius 3 is 2.62 bits per heavy atom. The summed E-state index contributed by atoms with van der Waals surface area (Å²) in [5.41, 5.74) is 2.51. The van der Waals surface area contributed by atoms with Crippen molar-refractivity contribution in [1.82, 2.24) is 5.32 Å². The van der Waals surface area contributed by atoms with Gasteiger partial charge in [-0.2, -0.15) is 0 Å². The van der Waals surface area contributed by atoms with Crippen LogP contribution in [0.4, 0.5) is 10.1 Å². The number of nitrogens with two attached hydrogens (primary N) is 1. The van der Waals surface area contributed by atoms with Gasteiger partial charge in [-0.15, -0.1) is 0 Å². The number of amides is 1. The smallest absolute Gasteiger partial charge is 0.239 e. The summed E-state index contributed by atoms with van der Waals surface area (Å²) in [7, 11) is -3.74. The number of anilines is 1. The molecule has 0 radical (unpaired) electrons. The van der Waals surface area contributed by atoms with Gasteiger partial charge in [0, 0.05) is 12.2 Å². The molecule has 0 saturated heterocycles. The van der Waals surface area contributed by atoms with Crippen LogP contribution < -0.4 is 15.4 Å². The van der Waals surface area contributed by atoms with Crippen molar-refractivity contribution >= 4 is 21.6 Å². The summed E-state index contributed by atoms with van der Waals surface area (Å²) in [6.45, 7) is 2.62. The van der Waals surface area contributed by atoms with Crippen LogP contribution in [0.5, 0.6) is 0 Å². The number of nitrogens with zero attached hydrogens (tertiary/aromatic N) is 1. The highest BCUT2D eigenvalue weighted by atomic mass is 32.2. The number of carbonyl (C=O) groups is 1. The highest BCUT2D eigenvalue weighted by Gasteiger charge is 2.23. The van der Waals surface area contributed by atoms with Gasteiger partial charge >= 0.3 is 0 Å². The molecule has 1 heterocycles. The lowest BCUT2D eigenvalue weighted by molar-refractivity contribution is -0.120. The fourth-order valence-corrected chi connectivity index (χ4v) is 3.65. The summed E-state index contributed by atoms with van der Waals surface area (Å²) in [5, 5.41) is 8.05. The average Bonchev–Trinajstić information content (AvgIpc) is 2.96. The number of sulfonamides is 1. The molecule has 0 aliphatic carbocycles. The molecular weight excluding hydrogens is 357 g/mol. The predicted molar refractivity (Wildman–Crippen MR) is 96.7 cm³/mol. The summed E-state index contributed by atoms with van der Waals surface area (Å²) in [6, 6.07) is 10.4. The zero-order valence-electron chi connectivity index (χ0n) is 14.3. The molecule has 1 aliphatic heterocycles. The number of halogens is 1. The number of benzene rings is 2. The molecule has 0 aromatic heterocycles. The van der Waals surface area contributed by atoms with E-state index in [0.717, 1.165) is 16.8 Å². The van der Waals surface area contributed by atoms with Gasteiger partial charge in [0.25, 0.3) is 0 Å². The van der Waals surface area contributed by atoms with Crippen molar-refractivity contribution < 1.29 is 17.6 Å². The van der Waals surface area contributed by atoms with Gasteiger partial charge in [0.05, 0.1) is 17.5 Å². The molecule has 0 spiro atoms. The van der Waals surface area contributed by atoms with E-state index in [2.05, 4.69) is 5.32 Å². The summed E-state index contributed by atoms with van der Waals surface area (Å²) >= 11 is 0. The fourth-order valence-electron chi connectivity index (χ4n) is 3.08. The maximum absolute atomic E-state index is 13.0. The molecule has 0 bridgehead atoms. The zero-order chi connectivity index (χ0) is 18.9. The Morgan fingerprint density at radius 2 is 1.96 bits per heavy atom. The van der Waals surface area contributed by atoms with E-state index < -0.39 is 10.0 Å². The Morgan fingerprint density at radius 1 is 1.27 bits per heavy atom. The average molecular weight is 377 g/mol. The van der Waals surface area contributed by atoms with Crippen LogP contribution in [0.1, 0.15) is 24.1 Å². The molecule has 1 atom stereocenters. The lowest BCUT2D eigenvalue weighted by Gasteiger charge is -2.21. The summed E-state index contributed by atoms with van der Waals surface area (Å²) < 4.78 is 35.9. The van der Waals surface area contributed by atoms with E-state index in [1.165, 1.54) is 18.2 Å². The molecule has 3 rings (SSSR count). The Labute approximate surface area is 151 Å². The van der Waals surface area contributed by atoms with E-state index in [0.29, 0.717) is 13.0 Å². The largest absolute Gasteiger partial charge is 0.362 e. The van der Waals surface area contributed by atoms with E-state index in [4.69, 9.17) is 5.14 Å². The molecule has 26 heavy (non-hydrogen) atoms. The highest BCUT2D eigenvalue weighted by molar-refractivity contribution is 7.89. The first kappa shape index (κ1) is 18.3. The molecule has 0 saturated carbocycles. The molecule has 2 aromatic carbocycles. The lowest BCUT2D eigenvalue weighted by Crippen LogP contribution is -2.37. The van der Waals surface area contributed by atoms with Crippen LogP contribution in [0.3, 0.4) is 0 Å². The first-order chi connectivity index (χ1) is 12.2. The summed E-state index contributed by atoms with van der Waals surface area (Å²) in [4.78, 5) is 14.3. The van der Waals surface area contributed by atoms with Crippen molar-refractivity contribution in [3.05, 3.63) is 59.4 Å². The van der Waals surface area contributed by atoms with Gasteiger partial charge in [-0.1, -0.05) is 12.1 Å². The van der Waals surface area contributed by atoms with E-state index >= 15 is 0 Å². The zero-order valence-corrected chi connectivity index (χ0v) is 15.1. The SMILES string of the molecule is CC(NC(=O)CN1CCc2cc(S(N)(=O)=O)ccc21)c1ccc(F)cc1. The Kier molecular flexibility index (Phi) is 4.97. The van der Waals surface area contributed by atoms with Crippen molar-refractivity contribution in [3.8, 4) is 0 Å². The maximum Gasteiger partial charge on any atom is 0.239 e. The minimum absolute atomic E-state index is 0.0764. The van der Waals surface area contributed by atoms with Gasteiger partial charge < -0.3 is 10.2 Å². The Bertz CT molecular complexity index is 929. The van der Waals surface area contributed by atoms with Gasteiger partial charge in [-0.25, -0.2) is 17.9 Å². The molecule has 1 unspecified atom stereocenters. The molecule has 2 aromatic rings. The standard InChI is InChI=1S/C18H20FN3O3S/c1-12(13-2-4-15(19)5-3-13)21-18(23)11-22-9-8-14-10-16(26(20,24)25)6-7-17(14)22/h2-7,10,12H,8-9,11H2,1H3,(H,21,23)(H2,20,24,25). The monoisotopic (exact) mass is 377 g/mol. The molecule has 8 heteroatoms. The van der Waals surface area contributed by atoms with Crippen LogP contribution in [0.15, 0.2) is 47.4 Å². The number of hydrogen-bond donors (Lipinski definition) is 2. The highest BCUT2D eigenvalue weighted by Crippen LogP contribution is 2.29. The van der Waals surface area contributed by atoms with Crippen molar-refractivity contribution in [2.24, 2.45) is 5.14 Å². The first-order valence-corrected chi connectivity index (χ1v) is 9.74. The Balaban J connectivity index is 1.66. The van der Waals surface area contributed by atoms with Crippen LogP contribution >= 0.6 is 0 Å². The molecule has 1 amide bonds. The molecule has 1 aliphatic rings. The topological polar surface area (TPSA) is 92.5 Å². The van der Waals surface area contributed by atoms with Crippen LogP contribution in [0, 0.1) is 5.82 Å². The second-order valence-corrected chi connectivity index (χ2v) is 7.91. The fraction of sp³-hybridized carbons (Fsp3) is 0.278. The molecule has 0 fully saturated rings. The van der Waals surface area contributed by atoms with Gasteiger partial charge in [0.1, 0.15) is 5.82 Å². The minimum atomic E-state index is -3.74. The molecule has 138 valence electrons. The van der Waals surface area contributed by atoms with E-state index in [1.54, 1.807) is 24.3 Å². The minimum Gasteiger partial charge on any atom is -0.362 e. The van der Waals surface area contributed by atoms with Crippen LogP contribution in [-0.2, 0) is 21.2 Å². The Hall–Kier alpha value is -2.45. The quantitative estimate of drug-likeness (QED) is 0.830. The summed E-state index contributed by atoms with van der Waals surface area (Å²) in [6.07, 6.45) is 0.652. The third-order valence-electron chi connectivity index (χ3n) is 4.45. The molecule has 6 nitrogen and oxygen atoms in total. The van der Waals surface area contributed by atoms with Crippen molar-refractivity contribution in [3.63, 3.8) is 0 Å².